The fraction of sp³-hybridized carbons (Fsp3) is 0.500. The molecule has 0 radical (unpaired) electrons. The Morgan fingerprint density at radius 1 is 1.08 bits per heavy atom. The van der Waals surface area contributed by atoms with E-state index in [0.717, 1.165) is 34.2 Å². The van der Waals surface area contributed by atoms with Crippen LogP contribution in [0.4, 0.5) is 0 Å². The molecule has 3 rings (SSSR count). The van der Waals surface area contributed by atoms with E-state index in [-0.39, 0.29) is 48.3 Å². The molecule has 0 aromatic heterocycles. The molecule has 0 unspecified atom stereocenters. The number of fused-ring (bicyclic) bond motifs is 1. The maximum atomic E-state index is 12.4. The van der Waals surface area contributed by atoms with Crippen LogP contribution in [-0.2, 0) is 20.8 Å². The minimum Gasteiger partial charge on any atom is -0.298 e. The van der Waals surface area contributed by atoms with Crippen LogP contribution in [0.3, 0.4) is 0 Å². The van der Waals surface area contributed by atoms with Crippen molar-refractivity contribution in [1.29, 1.82) is 0 Å². The van der Waals surface area contributed by atoms with Gasteiger partial charge < -0.3 is 0 Å². The zero-order chi connectivity index (χ0) is 17.6. The second-order valence-corrected chi connectivity index (χ2v) is 6.98. The molecule has 0 aliphatic heterocycles. The smallest absolute Gasteiger partial charge is 0.163 e. The van der Waals surface area contributed by atoms with Crippen molar-refractivity contribution >= 4 is 23.1 Å². The highest BCUT2D eigenvalue weighted by Crippen LogP contribution is 2.39. The zero-order valence-electron chi connectivity index (χ0n) is 14.4. The highest BCUT2D eigenvalue weighted by atomic mass is 16.2. The molecule has 1 saturated carbocycles. The standard InChI is InChI=1S/C20H22O4/c1-4-14(21)20-16(23)8-13(9-17(20)24)18-10(2)7-12-5-6-15(22)19(12)11(18)3/h7,13,20H,4-6,8-9H2,1-3H3. The van der Waals surface area contributed by atoms with Crippen molar-refractivity contribution in [2.24, 2.45) is 5.92 Å². The molecule has 0 saturated heterocycles. The van der Waals surface area contributed by atoms with Gasteiger partial charge in [-0.15, -0.1) is 0 Å². The van der Waals surface area contributed by atoms with Crippen LogP contribution in [0, 0.1) is 19.8 Å². The van der Waals surface area contributed by atoms with E-state index in [2.05, 4.69) is 0 Å². The fourth-order valence-electron chi connectivity index (χ4n) is 4.41. The van der Waals surface area contributed by atoms with Crippen molar-refractivity contribution in [1.82, 2.24) is 0 Å². The largest absolute Gasteiger partial charge is 0.298 e. The Labute approximate surface area is 141 Å². The maximum Gasteiger partial charge on any atom is 0.163 e. The van der Waals surface area contributed by atoms with Gasteiger partial charge in [-0.3, -0.25) is 19.2 Å². The van der Waals surface area contributed by atoms with E-state index in [1.165, 1.54) is 0 Å². The van der Waals surface area contributed by atoms with Gasteiger partial charge in [-0.05, 0) is 48.4 Å². The van der Waals surface area contributed by atoms with Crippen LogP contribution >= 0.6 is 0 Å². The van der Waals surface area contributed by atoms with E-state index >= 15 is 0 Å². The highest BCUT2D eigenvalue weighted by Gasteiger charge is 2.41. The zero-order valence-corrected chi connectivity index (χ0v) is 14.4. The number of carbonyl (C=O) groups excluding carboxylic acids is 4. The Bertz CT molecular complexity index is 754. The van der Waals surface area contributed by atoms with Crippen molar-refractivity contribution < 1.29 is 19.2 Å². The quantitative estimate of drug-likeness (QED) is 0.801. The topological polar surface area (TPSA) is 68.3 Å². The summed E-state index contributed by atoms with van der Waals surface area (Å²) in [6.45, 7) is 5.57. The number of carbonyl (C=O) groups is 4. The Morgan fingerprint density at radius 2 is 1.71 bits per heavy atom. The SMILES string of the molecule is CCC(=O)C1C(=O)CC(c2c(C)cc3c(c2C)C(=O)CC3)CC1=O. The molecule has 0 spiro atoms. The van der Waals surface area contributed by atoms with Crippen LogP contribution in [0.5, 0.6) is 0 Å². The molecule has 0 N–H and O–H groups in total. The molecule has 4 heteroatoms. The molecular weight excluding hydrogens is 304 g/mol. The Hall–Kier alpha value is -2.10. The van der Waals surface area contributed by atoms with Gasteiger partial charge in [-0.2, -0.15) is 0 Å². The van der Waals surface area contributed by atoms with Crippen molar-refractivity contribution in [2.45, 2.75) is 58.8 Å². The minimum atomic E-state index is -1.07. The molecule has 0 atom stereocenters. The summed E-state index contributed by atoms with van der Waals surface area (Å²) in [4.78, 5) is 48.8. The third kappa shape index (κ3) is 2.54. The van der Waals surface area contributed by atoms with Gasteiger partial charge in [0.1, 0.15) is 5.92 Å². The van der Waals surface area contributed by atoms with E-state index in [1.54, 1.807) is 6.92 Å². The molecular formula is C20H22O4. The Morgan fingerprint density at radius 3 is 2.29 bits per heavy atom. The lowest BCUT2D eigenvalue weighted by molar-refractivity contribution is -0.142. The van der Waals surface area contributed by atoms with Gasteiger partial charge in [0.15, 0.2) is 23.1 Å². The average Bonchev–Trinajstić information content (AvgIpc) is 2.87. The first-order valence-electron chi connectivity index (χ1n) is 8.59. The molecule has 4 nitrogen and oxygen atoms in total. The summed E-state index contributed by atoms with van der Waals surface area (Å²) in [7, 11) is 0. The molecule has 1 aromatic rings. The summed E-state index contributed by atoms with van der Waals surface area (Å²) >= 11 is 0. The van der Waals surface area contributed by atoms with Crippen molar-refractivity contribution in [2.75, 3.05) is 0 Å². The normalized spacial score (nSPS) is 23.5. The lowest BCUT2D eigenvalue weighted by Gasteiger charge is -2.28. The second kappa shape index (κ2) is 6.08. The van der Waals surface area contributed by atoms with Crippen molar-refractivity contribution in [3.63, 3.8) is 0 Å². The van der Waals surface area contributed by atoms with Gasteiger partial charge in [-0.25, -0.2) is 0 Å². The number of hydrogen-bond donors (Lipinski definition) is 0. The van der Waals surface area contributed by atoms with Gasteiger partial charge >= 0.3 is 0 Å². The van der Waals surface area contributed by atoms with E-state index in [1.807, 2.05) is 19.9 Å². The number of rotatable bonds is 3. The molecule has 2 aliphatic rings. The number of ketones is 4. The van der Waals surface area contributed by atoms with Crippen LogP contribution in [0.1, 0.15) is 71.1 Å². The predicted octanol–water partition coefficient (Wildman–Crippen LogP) is 3.04. The van der Waals surface area contributed by atoms with Crippen LogP contribution < -0.4 is 0 Å². The summed E-state index contributed by atoms with van der Waals surface area (Å²) in [5.41, 5.74) is 4.76. The van der Waals surface area contributed by atoms with Crippen LogP contribution in [0.25, 0.3) is 0 Å². The highest BCUT2D eigenvalue weighted by molar-refractivity contribution is 6.21. The number of aryl methyl sites for hydroxylation is 2. The molecule has 0 heterocycles. The monoisotopic (exact) mass is 326 g/mol. The third-order valence-corrected chi connectivity index (χ3v) is 5.43. The summed E-state index contributed by atoms with van der Waals surface area (Å²) in [5, 5.41) is 0. The Kier molecular flexibility index (Phi) is 4.24. The molecule has 1 aromatic carbocycles. The molecule has 126 valence electrons. The van der Waals surface area contributed by atoms with E-state index in [9.17, 15) is 19.2 Å². The molecule has 0 amide bonds. The summed E-state index contributed by atoms with van der Waals surface area (Å²) in [6.07, 6.45) is 1.92. The summed E-state index contributed by atoms with van der Waals surface area (Å²) < 4.78 is 0. The molecule has 2 aliphatic carbocycles. The van der Waals surface area contributed by atoms with E-state index in [4.69, 9.17) is 0 Å². The fourth-order valence-corrected chi connectivity index (χ4v) is 4.41. The number of benzene rings is 1. The van der Waals surface area contributed by atoms with Gasteiger partial charge in [-0.1, -0.05) is 13.0 Å². The summed E-state index contributed by atoms with van der Waals surface area (Å²) in [5.74, 6) is -1.95. The van der Waals surface area contributed by atoms with E-state index in [0.29, 0.717) is 6.42 Å². The Balaban J connectivity index is 1.99. The van der Waals surface area contributed by atoms with Gasteiger partial charge in [0.25, 0.3) is 0 Å². The predicted molar refractivity (Wildman–Crippen MR) is 89.3 cm³/mol. The molecule has 24 heavy (non-hydrogen) atoms. The van der Waals surface area contributed by atoms with Crippen molar-refractivity contribution in [3.8, 4) is 0 Å². The van der Waals surface area contributed by atoms with E-state index < -0.39 is 5.92 Å². The average molecular weight is 326 g/mol. The molecule has 0 bridgehead atoms. The van der Waals surface area contributed by atoms with Crippen LogP contribution in [0.2, 0.25) is 0 Å². The second-order valence-electron chi connectivity index (χ2n) is 6.98. The summed E-state index contributed by atoms with van der Waals surface area (Å²) in [6, 6.07) is 2.03. The number of Topliss-reactive ketones (excluding diaryl/α,β-unsaturated/α-hetero) is 4. The van der Waals surface area contributed by atoms with Crippen LogP contribution in [-0.4, -0.2) is 23.1 Å². The molecule has 1 fully saturated rings. The van der Waals surface area contributed by atoms with Crippen LogP contribution in [0.15, 0.2) is 6.07 Å². The first kappa shape index (κ1) is 16.7. The lowest BCUT2D eigenvalue weighted by Crippen LogP contribution is -2.38. The minimum absolute atomic E-state index is 0.149. The third-order valence-electron chi connectivity index (χ3n) is 5.43. The lowest BCUT2D eigenvalue weighted by atomic mass is 9.72. The van der Waals surface area contributed by atoms with Gasteiger partial charge in [0.2, 0.25) is 0 Å². The van der Waals surface area contributed by atoms with Gasteiger partial charge in [0.05, 0.1) is 0 Å². The first-order valence-corrected chi connectivity index (χ1v) is 8.59. The first-order chi connectivity index (χ1) is 11.3. The number of hydrogen-bond acceptors (Lipinski definition) is 4. The van der Waals surface area contributed by atoms with Gasteiger partial charge in [0, 0.05) is 31.2 Å². The maximum absolute atomic E-state index is 12.4. The van der Waals surface area contributed by atoms with Crippen molar-refractivity contribution in [3.05, 3.63) is 33.9 Å².